The van der Waals surface area contributed by atoms with E-state index < -0.39 is 16.8 Å². The molecule has 0 aromatic carbocycles. The van der Waals surface area contributed by atoms with Crippen LogP contribution in [0, 0.1) is 11.8 Å². The molecule has 18 heavy (non-hydrogen) atoms. The van der Waals surface area contributed by atoms with Crippen molar-refractivity contribution in [2.45, 2.75) is 70.2 Å². The minimum atomic E-state index is -0.914. The zero-order valence-electron chi connectivity index (χ0n) is 11.9. The summed E-state index contributed by atoms with van der Waals surface area (Å²) in [6.45, 7) is 7.59. The first kappa shape index (κ1) is 14.0. The van der Waals surface area contributed by atoms with Crippen LogP contribution in [0.25, 0.3) is 0 Å². The zero-order chi connectivity index (χ0) is 13.8. The number of fused-ring (bicyclic) bond motifs is 1. The third-order valence-electron chi connectivity index (χ3n) is 5.10. The normalized spacial score (nSPS) is 48.9. The smallest absolute Gasteiger partial charge is 0.0855 e. The van der Waals surface area contributed by atoms with Crippen LogP contribution in [0.3, 0.4) is 0 Å². The van der Waals surface area contributed by atoms with Gasteiger partial charge in [-0.05, 0) is 51.0 Å². The maximum atomic E-state index is 10.7. The molecule has 3 nitrogen and oxygen atoms in total. The van der Waals surface area contributed by atoms with Crippen molar-refractivity contribution in [3.63, 3.8) is 0 Å². The molecule has 0 aromatic heterocycles. The SMILES string of the molecule is CC(C)C1(O)C=C2C(CCC2(C)O)C(C)(O)CC1. The van der Waals surface area contributed by atoms with Crippen LogP contribution in [-0.2, 0) is 0 Å². The second-order valence-corrected chi connectivity index (χ2v) is 6.97. The van der Waals surface area contributed by atoms with E-state index >= 15 is 0 Å². The fourth-order valence-corrected chi connectivity index (χ4v) is 3.43. The van der Waals surface area contributed by atoms with E-state index in [2.05, 4.69) is 0 Å². The van der Waals surface area contributed by atoms with Crippen molar-refractivity contribution < 1.29 is 15.3 Å². The summed E-state index contributed by atoms with van der Waals surface area (Å²) in [5.74, 6) is 0.0521. The first-order chi connectivity index (χ1) is 8.08. The lowest BCUT2D eigenvalue weighted by Gasteiger charge is -2.31. The van der Waals surface area contributed by atoms with Crippen LogP contribution >= 0.6 is 0 Å². The van der Waals surface area contributed by atoms with Crippen LogP contribution in [-0.4, -0.2) is 32.1 Å². The van der Waals surface area contributed by atoms with E-state index in [-0.39, 0.29) is 11.8 Å². The second kappa shape index (κ2) is 4.06. The summed E-state index contributed by atoms with van der Waals surface area (Å²) in [6.07, 6.45) is 4.42. The minimum Gasteiger partial charge on any atom is -0.390 e. The van der Waals surface area contributed by atoms with Crippen molar-refractivity contribution in [1.82, 2.24) is 0 Å². The van der Waals surface area contributed by atoms with E-state index in [0.717, 1.165) is 12.0 Å². The molecule has 0 heterocycles. The predicted molar refractivity (Wildman–Crippen MR) is 71.1 cm³/mol. The number of rotatable bonds is 1. The lowest BCUT2D eigenvalue weighted by atomic mass is 9.81. The summed E-state index contributed by atoms with van der Waals surface area (Å²) in [7, 11) is 0. The van der Waals surface area contributed by atoms with Crippen LogP contribution in [0.1, 0.15) is 53.4 Å². The Morgan fingerprint density at radius 1 is 1.11 bits per heavy atom. The van der Waals surface area contributed by atoms with Gasteiger partial charge in [-0.2, -0.15) is 0 Å². The Morgan fingerprint density at radius 3 is 2.28 bits per heavy atom. The van der Waals surface area contributed by atoms with E-state index in [1.165, 1.54) is 0 Å². The van der Waals surface area contributed by atoms with Crippen LogP contribution in [0.15, 0.2) is 11.6 Å². The topological polar surface area (TPSA) is 60.7 Å². The summed E-state index contributed by atoms with van der Waals surface area (Å²) in [5.41, 5.74) is -1.79. The molecular formula is C15H26O3. The Bertz CT molecular complexity index is 368. The summed E-state index contributed by atoms with van der Waals surface area (Å²) in [4.78, 5) is 0. The van der Waals surface area contributed by atoms with Gasteiger partial charge < -0.3 is 15.3 Å². The van der Waals surface area contributed by atoms with Gasteiger partial charge in [0.05, 0.1) is 16.8 Å². The van der Waals surface area contributed by atoms with Crippen molar-refractivity contribution in [3.05, 3.63) is 11.6 Å². The maximum absolute atomic E-state index is 10.7. The molecule has 3 heteroatoms. The molecule has 2 aliphatic rings. The van der Waals surface area contributed by atoms with E-state index in [0.29, 0.717) is 19.3 Å². The fourth-order valence-electron chi connectivity index (χ4n) is 3.43. The van der Waals surface area contributed by atoms with Gasteiger partial charge in [0.15, 0.2) is 0 Å². The highest BCUT2D eigenvalue weighted by Crippen LogP contribution is 2.50. The minimum absolute atomic E-state index is 0.0275. The standard InChI is InChI=1S/C15H26O3/c1-10(2)15(18)8-7-14(4,17)11-5-6-13(3,16)12(11)9-15/h9-11,16-18H,5-8H2,1-4H3. The monoisotopic (exact) mass is 254 g/mol. The number of hydrogen-bond donors (Lipinski definition) is 3. The number of hydrogen-bond acceptors (Lipinski definition) is 3. The van der Waals surface area contributed by atoms with Crippen LogP contribution in [0.5, 0.6) is 0 Å². The van der Waals surface area contributed by atoms with Crippen molar-refractivity contribution in [1.29, 1.82) is 0 Å². The van der Waals surface area contributed by atoms with Gasteiger partial charge in [-0.15, -0.1) is 0 Å². The van der Waals surface area contributed by atoms with Gasteiger partial charge in [0.2, 0.25) is 0 Å². The van der Waals surface area contributed by atoms with Gasteiger partial charge in [0, 0.05) is 5.92 Å². The van der Waals surface area contributed by atoms with Gasteiger partial charge in [0.1, 0.15) is 0 Å². The summed E-state index contributed by atoms with van der Waals surface area (Å²) in [6, 6.07) is 0. The average Bonchev–Trinajstić information content (AvgIpc) is 2.46. The Hall–Kier alpha value is -0.380. The van der Waals surface area contributed by atoms with Crippen LogP contribution in [0.2, 0.25) is 0 Å². The van der Waals surface area contributed by atoms with Crippen LogP contribution < -0.4 is 0 Å². The Kier molecular flexibility index (Phi) is 3.16. The van der Waals surface area contributed by atoms with Crippen molar-refractivity contribution in [2.24, 2.45) is 11.8 Å². The lowest BCUT2D eigenvalue weighted by molar-refractivity contribution is -0.0211. The van der Waals surface area contributed by atoms with E-state index in [4.69, 9.17) is 0 Å². The van der Waals surface area contributed by atoms with Gasteiger partial charge in [0.25, 0.3) is 0 Å². The van der Waals surface area contributed by atoms with Gasteiger partial charge in [-0.25, -0.2) is 0 Å². The highest BCUT2D eigenvalue weighted by Gasteiger charge is 2.50. The molecule has 0 saturated heterocycles. The molecule has 2 aliphatic carbocycles. The molecule has 3 N–H and O–H groups in total. The summed E-state index contributed by atoms with van der Waals surface area (Å²) >= 11 is 0. The molecule has 0 aromatic rings. The van der Waals surface area contributed by atoms with E-state index in [1.807, 2.05) is 26.8 Å². The third kappa shape index (κ3) is 2.13. The highest BCUT2D eigenvalue weighted by atomic mass is 16.3. The van der Waals surface area contributed by atoms with E-state index in [9.17, 15) is 15.3 Å². The third-order valence-corrected chi connectivity index (χ3v) is 5.10. The van der Waals surface area contributed by atoms with Crippen LogP contribution in [0.4, 0.5) is 0 Å². The Morgan fingerprint density at radius 2 is 1.72 bits per heavy atom. The summed E-state index contributed by atoms with van der Waals surface area (Å²) < 4.78 is 0. The largest absolute Gasteiger partial charge is 0.390 e. The maximum Gasteiger partial charge on any atom is 0.0855 e. The zero-order valence-corrected chi connectivity index (χ0v) is 11.9. The van der Waals surface area contributed by atoms with Gasteiger partial charge in [-0.3, -0.25) is 0 Å². The molecule has 0 spiro atoms. The molecule has 0 amide bonds. The predicted octanol–water partition coefficient (Wildman–Crippen LogP) is 2.01. The first-order valence-electron chi connectivity index (χ1n) is 6.99. The molecule has 0 bridgehead atoms. The molecule has 104 valence electrons. The average molecular weight is 254 g/mol. The molecule has 1 saturated carbocycles. The summed E-state index contributed by atoms with van der Waals surface area (Å²) in [5, 5.41) is 31.8. The van der Waals surface area contributed by atoms with Crippen molar-refractivity contribution in [3.8, 4) is 0 Å². The fraction of sp³-hybridized carbons (Fsp3) is 0.867. The van der Waals surface area contributed by atoms with Gasteiger partial charge >= 0.3 is 0 Å². The molecule has 0 aliphatic heterocycles. The van der Waals surface area contributed by atoms with Crippen molar-refractivity contribution in [2.75, 3.05) is 0 Å². The quantitative estimate of drug-likeness (QED) is 0.627. The highest BCUT2D eigenvalue weighted by molar-refractivity contribution is 5.31. The molecule has 4 atom stereocenters. The second-order valence-electron chi connectivity index (χ2n) is 6.97. The van der Waals surface area contributed by atoms with Gasteiger partial charge in [-0.1, -0.05) is 19.9 Å². The molecule has 2 rings (SSSR count). The first-order valence-corrected chi connectivity index (χ1v) is 6.99. The van der Waals surface area contributed by atoms with E-state index in [1.54, 1.807) is 6.92 Å². The number of aliphatic hydroxyl groups is 3. The van der Waals surface area contributed by atoms with Crippen molar-refractivity contribution >= 4 is 0 Å². The molecular weight excluding hydrogens is 228 g/mol. The molecule has 4 unspecified atom stereocenters. The molecule has 1 fully saturated rings. The lowest BCUT2D eigenvalue weighted by Crippen LogP contribution is -2.36. The Balaban J connectivity index is 2.49. The Labute approximate surface area is 110 Å². The molecule has 0 radical (unpaired) electrons.